The Morgan fingerprint density at radius 2 is 2.21 bits per heavy atom. The Morgan fingerprint density at radius 1 is 1.64 bits per heavy atom. The molecule has 0 heterocycles. The minimum absolute atomic E-state index is 0.0928. The summed E-state index contributed by atoms with van der Waals surface area (Å²) in [6, 6.07) is 2.46. The number of hydrogen-bond acceptors (Lipinski definition) is 2. The zero-order valence-electron chi connectivity index (χ0n) is 8.59. The van der Waals surface area contributed by atoms with E-state index in [1.807, 2.05) is 18.7 Å². The zero-order valence-corrected chi connectivity index (χ0v) is 10.2. The highest BCUT2D eigenvalue weighted by atomic mass is 79.9. The molecule has 0 aromatic carbocycles. The Kier molecular flexibility index (Phi) is 3.54. The molecule has 0 saturated heterocycles. The largest absolute Gasteiger partial charge is 0.337 e. The molecule has 0 unspecified atom stereocenters. The Bertz CT molecular complexity index is 260. The van der Waals surface area contributed by atoms with Gasteiger partial charge in [-0.05, 0) is 26.7 Å². The standard InChI is InChI=1S/C10H15BrN2O/c1-10(2,11)9(14)13(7-3-6-12)8-4-5-8/h8H,3-5,7H2,1-2H3. The monoisotopic (exact) mass is 258 g/mol. The number of hydrogen-bond donors (Lipinski definition) is 0. The zero-order chi connectivity index (χ0) is 10.8. The molecule has 1 saturated carbocycles. The summed E-state index contributed by atoms with van der Waals surface area (Å²) >= 11 is 3.36. The molecule has 14 heavy (non-hydrogen) atoms. The van der Waals surface area contributed by atoms with Gasteiger partial charge in [0.2, 0.25) is 5.91 Å². The molecule has 0 aliphatic heterocycles. The number of nitriles is 1. The first kappa shape index (κ1) is 11.5. The highest BCUT2D eigenvalue weighted by Gasteiger charge is 2.37. The molecule has 0 atom stereocenters. The molecule has 0 spiro atoms. The predicted molar refractivity (Wildman–Crippen MR) is 58.0 cm³/mol. The first-order valence-electron chi connectivity index (χ1n) is 4.83. The van der Waals surface area contributed by atoms with Gasteiger partial charge in [0.05, 0.1) is 16.8 Å². The molecule has 78 valence electrons. The second kappa shape index (κ2) is 4.31. The number of carbonyl (C=O) groups is 1. The number of halogens is 1. The number of carbonyl (C=O) groups excluding carboxylic acids is 1. The van der Waals surface area contributed by atoms with Crippen LogP contribution in [-0.2, 0) is 4.79 Å². The molecule has 4 heteroatoms. The van der Waals surface area contributed by atoms with Crippen LogP contribution in [0.4, 0.5) is 0 Å². The maximum absolute atomic E-state index is 11.9. The van der Waals surface area contributed by atoms with E-state index in [1.54, 1.807) is 0 Å². The molecule has 0 aromatic rings. The molecule has 1 fully saturated rings. The Hall–Kier alpha value is -0.560. The van der Waals surface area contributed by atoms with Crippen LogP contribution >= 0.6 is 15.9 Å². The third kappa shape index (κ3) is 2.98. The third-order valence-corrected chi connectivity index (χ3v) is 2.56. The quantitative estimate of drug-likeness (QED) is 0.725. The van der Waals surface area contributed by atoms with E-state index in [1.165, 1.54) is 0 Å². The summed E-state index contributed by atoms with van der Waals surface area (Å²) in [6.07, 6.45) is 2.59. The van der Waals surface area contributed by atoms with E-state index < -0.39 is 4.32 Å². The molecule has 1 aliphatic carbocycles. The normalized spacial score (nSPS) is 16.1. The van der Waals surface area contributed by atoms with Crippen molar-refractivity contribution in [3.8, 4) is 6.07 Å². The highest BCUT2D eigenvalue weighted by molar-refractivity contribution is 9.10. The summed E-state index contributed by atoms with van der Waals surface area (Å²) < 4.78 is -0.509. The van der Waals surface area contributed by atoms with Crippen LogP contribution in [0.3, 0.4) is 0 Å². The number of alkyl halides is 1. The molecular formula is C10H15BrN2O. The predicted octanol–water partition coefficient (Wildman–Crippen LogP) is 2.06. The van der Waals surface area contributed by atoms with Crippen molar-refractivity contribution in [3.05, 3.63) is 0 Å². The SMILES string of the molecule is CC(C)(Br)C(=O)N(CCC#N)C1CC1. The first-order valence-corrected chi connectivity index (χ1v) is 5.63. The van der Waals surface area contributed by atoms with Crippen LogP contribution in [-0.4, -0.2) is 27.7 Å². The molecular weight excluding hydrogens is 244 g/mol. The summed E-state index contributed by atoms with van der Waals surface area (Å²) in [5, 5.41) is 8.50. The van der Waals surface area contributed by atoms with E-state index in [4.69, 9.17) is 5.26 Å². The Labute approximate surface area is 93.2 Å². The third-order valence-electron chi connectivity index (χ3n) is 2.22. The van der Waals surface area contributed by atoms with Gasteiger partial charge >= 0.3 is 0 Å². The average Bonchev–Trinajstić information content (AvgIpc) is 2.86. The van der Waals surface area contributed by atoms with E-state index in [0.717, 1.165) is 12.8 Å². The number of nitrogens with zero attached hydrogens (tertiary/aromatic N) is 2. The molecule has 1 aliphatic rings. The van der Waals surface area contributed by atoms with Gasteiger partial charge in [0, 0.05) is 12.6 Å². The maximum Gasteiger partial charge on any atom is 0.239 e. The molecule has 0 aromatic heterocycles. The smallest absolute Gasteiger partial charge is 0.239 e. The molecule has 1 amide bonds. The Balaban J connectivity index is 2.59. The molecule has 1 rings (SSSR count). The van der Waals surface area contributed by atoms with Gasteiger partial charge in [-0.15, -0.1) is 0 Å². The van der Waals surface area contributed by atoms with Crippen LogP contribution in [0.25, 0.3) is 0 Å². The number of rotatable bonds is 4. The minimum Gasteiger partial charge on any atom is -0.337 e. The van der Waals surface area contributed by atoms with Gasteiger partial charge in [0.1, 0.15) is 0 Å². The molecule has 0 bridgehead atoms. The van der Waals surface area contributed by atoms with Crippen molar-refractivity contribution in [3.63, 3.8) is 0 Å². The fourth-order valence-corrected chi connectivity index (χ4v) is 1.58. The van der Waals surface area contributed by atoms with E-state index in [2.05, 4.69) is 22.0 Å². The number of amides is 1. The van der Waals surface area contributed by atoms with Crippen LogP contribution in [0.5, 0.6) is 0 Å². The summed E-state index contributed by atoms with van der Waals surface area (Å²) in [5.74, 6) is 0.0928. The van der Waals surface area contributed by atoms with Crippen LogP contribution in [0.2, 0.25) is 0 Å². The van der Waals surface area contributed by atoms with E-state index in [-0.39, 0.29) is 5.91 Å². The van der Waals surface area contributed by atoms with Crippen LogP contribution < -0.4 is 0 Å². The van der Waals surface area contributed by atoms with Gasteiger partial charge in [0.15, 0.2) is 0 Å². The van der Waals surface area contributed by atoms with Gasteiger partial charge in [0.25, 0.3) is 0 Å². The van der Waals surface area contributed by atoms with Crippen molar-refractivity contribution in [2.24, 2.45) is 0 Å². The lowest BCUT2D eigenvalue weighted by atomic mass is 10.2. The topological polar surface area (TPSA) is 44.1 Å². The summed E-state index contributed by atoms with van der Waals surface area (Å²) in [4.78, 5) is 13.8. The fraction of sp³-hybridized carbons (Fsp3) is 0.800. The van der Waals surface area contributed by atoms with Gasteiger partial charge in [-0.1, -0.05) is 15.9 Å². The molecule has 0 N–H and O–H groups in total. The van der Waals surface area contributed by atoms with Gasteiger partial charge in [-0.25, -0.2) is 0 Å². The molecule has 0 radical (unpaired) electrons. The lowest BCUT2D eigenvalue weighted by Crippen LogP contribution is -2.43. The first-order chi connectivity index (χ1) is 6.46. The van der Waals surface area contributed by atoms with E-state index >= 15 is 0 Å². The van der Waals surface area contributed by atoms with Crippen molar-refractivity contribution in [1.82, 2.24) is 4.90 Å². The Morgan fingerprint density at radius 3 is 2.57 bits per heavy atom. The van der Waals surface area contributed by atoms with Crippen molar-refractivity contribution in [2.75, 3.05) is 6.54 Å². The summed E-state index contributed by atoms with van der Waals surface area (Å²) in [5.41, 5.74) is 0. The second-order valence-electron chi connectivity index (χ2n) is 4.11. The van der Waals surface area contributed by atoms with Crippen molar-refractivity contribution in [2.45, 2.75) is 43.5 Å². The minimum atomic E-state index is -0.509. The maximum atomic E-state index is 11.9. The van der Waals surface area contributed by atoms with E-state index in [9.17, 15) is 4.79 Å². The average molecular weight is 259 g/mol. The summed E-state index contributed by atoms with van der Waals surface area (Å²) in [7, 11) is 0. The lowest BCUT2D eigenvalue weighted by Gasteiger charge is -2.27. The van der Waals surface area contributed by atoms with Crippen molar-refractivity contribution < 1.29 is 4.79 Å². The van der Waals surface area contributed by atoms with Gasteiger partial charge in [-0.3, -0.25) is 4.79 Å². The van der Waals surface area contributed by atoms with Gasteiger partial charge in [-0.2, -0.15) is 5.26 Å². The van der Waals surface area contributed by atoms with Crippen LogP contribution in [0.15, 0.2) is 0 Å². The molecule has 3 nitrogen and oxygen atoms in total. The van der Waals surface area contributed by atoms with Crippen molar-refractivity contribution in [1.29, 1.82) is 5.26 Å². The fourth-order valence-electron chi connectivity index (χ4n) is 1.35. The lowest BCUT2D eigenvalue weighted by molar-refractivity contribution is -0.133. The van der Waals surface area contributed by atoms with Gasteiger partial charge < -0.3 is 4.90 Å². The van der Waals surface area contributed by atoms with Crippen LogP contribution in [0.1, 0.15) is 33.1 Å². The summed E-state index contributed by atoms with van der Waals surface area (Å²) in [6.45, 7) is 4.25. The van der Waals surface area contributed by atoms with Crippen molar-refractivity contribution >= 4 is 21.8 Å². The van der Waals surface area contributed by atoms with Crippen LogP contribution in [0, 0.1) is 11.3 Å². The highest BCUT2D eigenvalue weighted by Crippen LogP contribution is 2.31. The van der Waals surface area contributed by atoms with E-state index in [0.29, 0.717) is 19.0 Å². The second-order valence-corrected chi connectivity index (χ2v) is 6.09.